The van der Waals surface area contributed by atoms with E-state index >= 15 is 0 Å². The van der Waals surface area contributed by atoms with E-state index in [-0.39, 0.29) is 5.91 Å². The molecule has 0 saturated heterocycles. The van der Waals surface area contributed by atoms with E-state index in [1.807, 2.05) is 36.4 Å². The number of aromatic amines is 1. The number of benzene rings is 1. The maximum Gasteiger partial charge on any atom is 0.248 e. The molecule has 1 aromatic carbocycles. The van der Waals surface area contributed by atoms with Gasteiger partial charge in [0.05, 0.1) is 5.69 Å². The molecule has 0 aliphatic heterocycles. The van der Waals surface area contributed by atoms with Crippen molar-refractivity contribution in [3.8, 4) is 11.3 Å². The lowest BCUT2D eigenvalue weighted by Gasteiger charge is -2.06. The summed E-state index contributed by atoms with van der Waals surface area (Å²) in [6, 6.07) is 11.2. The van der Waals surface area contributed by atoms with E-state index in [1.165, 1.54) is 12.3 Å². The van der Waals surface area contributed by atoms with Gasteiger partial charge in [-0.25, -0.2) is 0 Å². The molecule has 7 nitrogen and oxygen atoms in total. The molecule has 3 rings (SSSR count). The average Bonchev–Trinajstić information content (AvgIpc) is 3.26. The van der Waals surface area contributed by atoms with Crippen molar-refractivity contribution in [3.05, 3.63) is 78.4 Å². The monoisotopic (exact) mass is 372 g/mol. The number of carbonyl (C=O) groups excluding carboxylic acids is 1. The molecule has 1 amide bonds. The Morgan fingerprint density at radius 3 is 2.68 bits per heavy atom. The number of allylic oxidation sites excluding steroid dienone is 1. The molecule has 0 spiro atoms. The molecule has 4 N–H and O–H groups in total. The van der Waals surface area contributed by atoms with Crippen molar-refractivity contribution in [2.45, 2.75) is 0 Å². The molecule has 0 bridgehead atoms. The highest BCUT2D eigenvalue weighted by Crippen LogP contribution is 2.20. The first-order chi connectivity index (χ1) is 13.7. The first kappa shape index (κ1) is 18.8. The number of nitrogens with two attached hydrogens (primary N) is 1. The Kier molecular flexibility index (Phi) is 6.10. The van der Waals surface area contributed by atoms with E-state index in [0.29, 0.717) is 5.69 Å². The van der Waals surface area contributed by atoms with Gasteiger partial charge < -0.3 is 11.1 Å². The van der Waals surface area contributed by atoms with Crippen LogP contribution in [0.2, 0.25) is 0 Å². The van der Waals surface area contributed by atoms with E-state index in [0.717, 1.165) is 28.0 Å². The topological polar surface area (TPSA) is 109 Å². The van der Waals surface area contributed by atoms with Gasteiger partial charge in [0, 0.05) is 61.0 Å². The van der Waals surface area contributed by atoms with Crippen LogP contribution in [0.5, 0.6) is 0 Å². The number of pyridine rings is 1. The van der Waals surface area contributed by atoms with Crippen LogP contribution < -0.4 is 11.1 Å². The second-order valence-corrected chi connectivity index (χ2v) is 5.84. The summed E-state index contributed by atoms with van der Waals surface area (Å²) in [6.45, 7) is 0. The SMILES string of the molecule is CN=CC(=CN)c1ccncc1/C=C/C(=O)Nc1ccc(-c2ccn[nH]2)cc1. The highest BCUT2D eigenvalue weighted by atomic mass is 16.1. The molecule has 7 heteroatoms. The Balaban J connectivity index is 1.71. The van der Waals surface area contributed by atoms with Crippen molar-refractivity contribution in [1.82, 2.24) is 15.2 Å². The van der Waals surface area contributed by atoms with Crippen molar-refractivity contribution in [1.29, 1.82) is 0 Å². The van der Waals surface area contributed by atoms with Gasteiger partial charge in [-0.05, 0) is 41.5 Å². The van der Waals surface area contributed by atoms with Gasteiger partial charge in [0.1, 0.15) is 0 Å². The molecule has 0 fully saturated rings. The van der Waals surface area contributed by atoms with Gasteiger partial charge in [-0.2, -0.15) is 5.10 Å². The first-order valence-corrected chi connectivity index (χ1v) is 8.58. The molecule has 0 radical (unpaired) electrons. The predicted octanol–water partition coefficient (Wildman–Crippen LogP) is 3.12. The summed E-state index contributed by atoms with van der Waals surface area (Å²) in [7, 11) is 1.67. The van der Waals surface area contributed by atoms with Crippen LogP contribution in [0.25, 0.3) is 22.9 Å². The third-order valence-corrected chi connectivity index (χ3v) is 3.99. The molecule has 140 valence electrons. The number of aliphatic imine (C=N–C) groups is 1. The minimum atomic E-state index is -0.244. The van der Waals surface area contributed by atoms with Crippen LogP contribution in [0.3, 0.4) is 0 Å². The highest BCUT2D eigenvalue weighted by Gasteiger charge is 2.05. The summed E-state index contributed by atoms with van der Waals surface area (Å²) < 4.78 is 0. The summed E-state index contributed by atoms with van der Waals surface area (Å²) in [5, 5.41) is 9.67. The Labute approximate surface area is 162 Å². The summed E-state index contributed by atoms with van der Waals surface area (Å²) in [5.74, 6) is -0.244. The molecule has 2 aromatic heterocycles. The van der Waals surface area contributed by atoms with Gasteiger partial charge in [-0.3, -0.25) is 19.9 Å². The number of aromatic nitrogens is 3. The van der Waals surface area contributed by atoms with E-state index in [1.54, 1.807) is 37.9 Å². The summed E-state index contributed by atoms with van der Waals surface area (Å²) >= 11 is 0. The van der Waals surface area contributed by atoms with Crippen LogP contribution in [-0.4, -0.2) is 34.4 Å². The standard InChI is InChI=1S/C21H20N6O/c1-23-13-17(12-22)19-8-10-24-14-16(19)4-7-21(28)26-18-5-2-15(3-6-18)20-9-11-25-27-20/h2-14H,22H2,1H3,(H,25,27)(H,26,28)/b7-4+,17-12?,23-13?. The van der Waals surface area contributed by atoms with Crippen LogP contribution in [-0.2, 0) is 4.79 Å². The number of hydrogen-bond donors (Lipinski definition) is 3. The molecule has 2 heterocycles. The zero-order valence-corrected chi connectivity index (χ0v) is 15.3. The van der Waals surface area contributed by atoms with Crippen molar-refractivity contribution in [2.24, 2.45) is 10.7 Å². The fourth-order valence-electron chi connectivity index (χ4n) is 2.64. The number of nitrogens with zero attached hydrogens (tertiary/aromatic N) is 3. The first-order valence-electron chi connectivity index (χ1n) is 8.58. The molecule has 3 aromatic rings. The predicted molar refractivity (Wildman–Crippen MR) is 113 cm³/mol. The van der Waals surface area contributed by atoms with Crippen molar-refractivity contribution < 1.29 is 4.79 Å². The van der Waals surface area contributed by atoms with Gasteiger partial charge in [0.2, 0.25) is 5.91 Å². The fourth-order valence-corrected chi connectivity index (χ4v) is 2.64. The summed E-state index contributed by atoms with van der Waals surface area (Å²) in [6.07, 6.45) is 11.3. The van der Waals surface area contributed by atoms with Crippen LogP contribution >= 0.6 is 0 Å². The molecule has 0 saturated carbocycles. The van der Waals surface area contributed by atoms with Crippen LogP contribution in [0.15, 0.2) is 72.3 Å². The third kappa shape index (κ3) is 4.59. The number of rotatable bonds is 6. The largest absolute Gasteiger partial charge is 0.404 e. The van der Waals surface area contributed by atoms with Crippen molar-refractivity contribution in [2.75, 3.05) is 12.4 Å². The number of nitrogens with one attached hydrogen (secondary N) is 2. The average molecular weight is 372 g/mol. The number of H-pyrrole nitrogens is 1. The Hall–Kier alpha value is -4.00. The lowest BCUT2D eigenvalue weighted by molar-refractivity contribution is -0.111. The second kappa shape index (κ2) is 9.09. The maximum atomic E-state index is 12.3. The number of carbonyl (C=O) groups is 1. The van der Waals surface area contributed by atoms with Gasteiger partial charge in [0.15, 0.2) is 0 Å². The summed E-state index contributed by atoms with van der Waals surface area (Å²) in [5.41, 5.74) is 10.6. The Morgan fingerprint density at radius 1 is 1.18 bits per heavy atom. The minimum Gasteiger partial charge on any atom is -0.404 e. The molecule has 28 heavy (non-hydrogen) atoms. The zero-order chi connectivity index (χ0) is 19.8. The van der Waals surface area contributed by atoms with Gasteiger partial charge in [0.25, 0.3) is 0 Å². The quantitative estimate of drug-likeness (QED) is 0.456. The highest BCUT2D eigenvalue weighted by molar-refractivity contribution is 6.11. The Morgan fingerprint density at radius 2 is 2.00 bits per heavy atom. The molecular weight excluding hydrogens is 352 g/mol. The van der Waals surface area contributed by atoms with E-state index < -0.39 is 0 Å². The smallest absolute Gasteiger partial charge is 0.248 e. The van der Waals surface area contributed by atoms with Crippen LogP contribution in [0, 0.1) is 0 Å². The third-order valence-electron chi connectivity index (χ3n) is 3.99. The minimum absolute atomic E-state index is 0.244. The molecule has 0 aliphatic carbocycles. The molecule has 0 aliphatic rings. The lowest BCUT2D eigenvalue weighted by atomic mass is 10.0. The molecule has 0 unspecified atom stereocenters. The van der Waals surface area contributed by atoms with Gasteiger partial charge in [-0.15, -0.1) is 0 Å². The number of amides is 1. The second-order valence-electron chi connectivity index (χ2n) is 5.84. The van der Waals surface area contributed by atoms with E-state index in [9.17, 15) is 4.79 Å². The van der Waals surface area contributed by atoms with Crippen molar-refractivity contribution in [3.63, 3.8) is 0 Å². The van der Waals surface area contributed by atoms with E-state index in [4.69, 9.17) is 5.73 Å². The summed E-state index contributed by atoms with van der Waals surface area (Å²) in [4.78, 5) is 20.4. The van der Waals surface area contributed by atoms with Gasteiger partial charge >= 0.3 is 0 Å². The number of anilines is 1. The zero-order valence-electron chi connectivity index (χ0n) is 15.3. The normalized spacial score (nSPS) is 12.0. The molecular formula is C21H20N6O. The van der Waals surface area contributed by atoms with Gasteiger partial charge in [-0.1, -0.05) is 12.1 Å². The molecule has 0 atom stereocenters. The fraction of sp³-hybridized carbons (Fsp3) is 0.0476. The Bertz CT molecular complexity index is 1020. The number of hydrogen-bond acceptors (Lipinski definition) is 5. The maximum absolute atomic E-state index is 12.3. The van der Waals surface area contributed by atoms with E-state index in [2.05, 4.69) is 25.5 Å². The van der Waals surface area contributed by atoms with Crippen molar-refractivity contribution >= 4 is 29.5 Å². The lowest BCUT2D eigenvalue weighted by Crippen LogP contribution is -2.07. The van der Waals surface area contributed by atoms with Crippen LogP contribution in [0.4, 0.5) is 5.69 Å². The van der Waals surface area contributed by atoms with Crippen LogP contribution in [0.1, 0.15) is 11.1 Å².